The minimum Gasteiger partial charge on any atom is -0.381 e. The summed E-state index contributed by atoms with van der Waals surface area (Å²) >= 11 is 5.97. The molecular formula is C13H17ClFNO. The molecule has 1 aromatic rings. The van der Waals surface area contributed by atoms with Gasteiger partial charge in [-0.2, -0.15) is 0 Å². The number of rotatable bonds is 4. The van der Waals surface area contributed by atoms with Gasteiger partial charge in [0.2, 0.25) is 0 Å². The topological polar surface area (TPSA) is 21.3 Å². The summed E-state index contributed by atoms with van der Waals surface area (Å²) in [6.07, 6.45) is 3.47. The maximum absolute atomic E-state index is 13.5. The van der Waals surface area contributed by atoms with E-state index in [-0.39, 0.29) is 5.82 Å². The Balaban J connectivity index is 1.90. The lowest BCUT2D eigenvalue weighted by molar-refractivity contribution is 0.107. The Hall–Kier alpha value is -0.640. The lowest BCUT2D eigenvalue weighted by Crippen LogP contribution is -2.27. The highest BCUT2D eigenvalue weighted by Gasteiger charge is 2.24. The Morgan fingerprint density at radius 2 is 2.29 bits per heavy atom. The number of halogens is 2. The van der Waals surface area contributed by atoms with Crippen molar-refractivity contribution in [1.29, 1.82) is 0 Å². The number of hydrogen-bond acceptors (Lipinski definition) is 2. The summed E-state index contributed by atoms with van der Waals surface area (Å²) in [6, 6.07) is 5.18. The summed E-state index contributed by atoms with van der Waals surface area (Å²) in [5.41, 5.74) is 0.551. The number of hydrogen-bond donors (Lipinski definition) is 1. The first kappa shape index (κ1) is 12.8. The average Bonchev–Trinajstić information content (AvgIpc) is 2.76. The van der Waals surface area contributed by atoms with Gasteiger partial charge in [-0.15, -0.1) is 0 Å². The molecule has 1 saturated carbocycles. The molecule has 0 heterocycles. The summed E-state index contributed by atoms with van der Waals surface area (Å²) in [6.45, 7) is 0.479. The van der Waals surface area contributed by atoms with Gasteiger partial charge < -0.3 is 10.1 Å². The molecule has 2 atom stereocenters. The van der Waals surface area contributed by atoms with Crippen LogP contribution in [0, 0.1) is 5.82 Å². The zero-order chi connectivity index (χ0) is 12.3. The van der Waals surface area contributed by atoms with Crippen LogP contribution >= 0.6 is 11.6 Å². The summed E-state index contributed by atoms with van der Waals surface area (Å²) in [4.78, 5) is 0. The monoisotopic (exact) mass is 257 g/mol. The molecule has 0 radical (unpaired) electrons. The van der Waals surface area contributed by atoms with Crippen molar-refractivity contribution < 1.29 is 9.13 Å². The Morgan fingerprint density at radius 3 is 2.94 bits per heavy atom. The molecule has 0 bridgehead atoms. The highest BCUT2D eigenvalue weighted by atomic mass is 35.5. The summed E-state index contributed by atoms with van der Waals surface area (Å²) in [5.74, 6) is -0.244. The molecule has 4 heteroatoms. The van der Waals surface area contributed by atoms with Gasteiger partial charge in [-0.25, -0.2) is 4.39 Å². The normalized spacial score (nSPS) is 24.2. The Morgan fingerprint density at radius 1 is 1.47 bits per heavy atom. The SMILES string of the molecule is COC1CCC(NCc2c(F)cccc2Cl)C1. The van der Waals surface area contributed by atoms with Crippen LogP contribution in [0.25, 0.3) is 0 Å². The first-order chi connectivity index (χ1) is 8.20. The van der Waals surface area contributed by atoms with E-state index in [2.05, 4.69) is 5.32 Å². The van der Waals surface area contributed by atoms with Crippen molar-refractivity contribution >= 4 is 11.6 Å². The molecule has 0 spiro atoms. The highest BCUT2D eigenvalue weighted by Crippen LogP contribution is 2.23. The molecule has 0 aromatic heterocycles. The van der Waals surface area contributed by atoms with Crippen molar-refractivity contribution in [2.75, 3.05) is 7.11 Å². The number of benzene rings is 1. The first-order valence-corrected chi connectivity index (χ1v) is 6.27. The summed E-state index contributed by atoms with van der Waals surface area (Å²) < 4.78 is 18.8. The molecule has 1 aliphatic carbocycles. The number of nitrogens with one attached hydrogen (secondary N) is 1. The van der Waals surface area contributed by atoms with Gasteiger partial charge in [-0.1, -0.05) is 17.7 Å². The van der Waals surface area contributed by atoms with Gasteiger partial charge in [-0.05, 0) is 31.4 Å². The van der Waals surface area contributed by atoms with E-state index in [1.165, 1.54) is 6.07 Å². The standard InChI is InChI=1S/C13H17ClFNO/c1-17-10-6-5-9(7-10)16-8-11-12(14)3-2-4-13(11)15/h2-4,9-10,16H,5-8H2,1H3. The van der Waals surface area contributed by atoms with E-state index in [0.717, 1.165) is 19.3 Å². The van der Waals surface area contributed by atoms with Crippen LogP contribution < -0.4 is 5.32 Å². The third-order valence-electron chi connectivity index (χ3n) is 3.35. The van der Waals surface area contributed by atoms with Crippen LogP contribution in [0.2, 0.25) is 5.02 Å². The molecule has 2 unspecified atom stereocenters. The van der Waals surface area contributed by atoms with E-state index in [9.17, 15) is 4.39 Å². The number of methoxy groups -OCH3 is 1. The second-order valence-corrected chi connectivity index (χ2v) is 4.86. The molecular weight excluding hydrogens is 241 g/mol. The Kier molecular flexibility index (Phi) is 4.37. The fourth-order valence-corrected chi connectivity index (χ4v) is 2.52. The van der Waals surface area contributed by atoms with E-state index in [0.29, 0.717) is 29.3 Å². The number of ether oxygens (including phenoxy) is 1. The van der Waals surface area contributed by atoms with Gasteiger partial charge in [0, 0.05) is 30.3 Å². The van der Waals surface area contributed by atoms with Gasteiger partial charge in [0.15, 0.2) is 0 Å². The summed E-state index contributed by atoms with van der Waals surface area (Å²) in [7, 11) is 1.74. The van der Waals surface area contributed by atoms with E-state index >= 15 is 0 Å². The van der Waals surface area contributed by atoms with Crippen LogP contribution in [0.5, 0.6) is 0 Å². The van der Waals surface area contributed by atoms with Crippen LogP contribution in [0.1, 0.15) is 24.8 Å². The zero-order valence-electron chi connectivity index (χ0n) is 9.88. The predicted molar refractivity (Wildman–Crippen MR) is 66.7 cm³/mol. The molecule has 0 amide bonds. The lowest BCUT2D eigenvalue weighted by atomic mass is 10.2. The largest absolute Gasteiger partial charge is 0.381 e. The van der Waals surface area contributed by atoms with Crippen LogP contribution in [0.3, 0.4) is 0 Å². The molecule has 94 valence electrons. The minimum absolute atomic E-state index is 0.244. The van der Waals surface area contributed by atoms with Gasteiger partial charge in [0.25, 0.3) is 0 Å². The average molecular weight is 258 g/mol. The third kappa shape index (κ3) is 3.18. The van der Waals surface area contributed by atoms with Gasteiger partial charge in [-0.3, -0.25) is 0 Å². The lowest BCUT2D eigenvalue weighted by Gasteiger charge is -2.14. The van der Waals surface area contributed by atoms with Gasteiger partial charge in [0.1, 0.15) is 5.82 Å². The van der Waals surface area contributed by atoms with Crippen molar-refractivity contribution in [1.82, 2.24) is 5.32 Å². The third-order valence-corrected chi connectivity index (χ3v) is 3.70. The Bertz CT molecular complexity index is 365. The molecule has 0 saturated heterocycles. The molecule has 2 rings (SSSR count). The van der Waals surface area contributed by atoms with Crippen LogP contribution in [0.15, 0.2) is 18.2 Å². The fourth-order valence-electron chi connectivity index (χ4n) is 2.29. The molecule has 1 aliphatic rings. The Labute approximate surface area is 106 Å². The quantitative estimate of drug-likeness (QED) is 0.895. The molecule has 1 aromatic carbocycles. The van der Waals surface area contributed by atoms with Gasteiger partial charge >= 0.3 is 0 Å². The van der Waals surface area contributed by atoms with Crippen LogP contribution in [-0.2, 0) is 11.3 Å². The predicted octanol–water partition coefficient (Wildman–Crippen LogP) is 3.14. The molecule has 0 aliphatic heterocycles. The molecule has 2 nitrogen and oxygen atoms in total. The molecule has 1 fully saturated rings. The van der Waals surface area contributed by atoms with Crippen molar-refractivity contribution in [2.45, 2.75) is 38.0 Å². The molecule has 17 heavy (non-hydrogen) atoms. The van der Waals surface area contributed by atoms with Crippen LogP contribution in [-0.4, -0.2) is 19.3 Å². The van der Waals surface area contributed by atoms with Crippen molar-refractivity contribution in [3.05, 3.63) is 34.6 Å². The second kappa shape index (κ2) is 5.80. The van der Waals surface area contributed by atoms with E-state index in [4.69, 9.17) is 16.3 Å². The summed E-state index contributed by atoms with van der Waals surface area (Å²) in [5, 5.41) is 3.82. The molecule has 1 N–H and O–H groups in total. The van der Waals surface area contributed by atoms with Crippen molar-refractivity contribution in [2.24, 2.45) is 0 Å². The second-order valence-electron chi connectivity index (χ2n) is 4.45. The maximum Gasteiger partial charge on any atom is 0.129 e. The fraction of sp³-hybridized carbons (Fsp3) is 0.538. The minimum atomic E-state index is -0.244. The van der Waals surface area contributed by atoms with Crippen LogP contribution in [0.4, 0.5) is 4.39 Å². The van der Waals surface area contributed by atoms with Gasteiger partial charge in [0.05, 0.1) is 6.10 Å². The van der Waals surface area contributed by atoms with Crippen molar-refractivity contribution in [3.63, 3.8) is 0 Å². The smallest absolute Gasteiger partial charge is 0.129 e. The van der Waals surface area contributed by atoms with E-state index in [1.54, 1.807) is 19.2 Å². The first-order valence-electron chi connectivity index (χ1n) is 5.89. The van der Waals surface area contributed by atoms with E-state index in [1.807, 2.05) is 0 Å². The zero-order valence-corrected chi connectivity index (χ0v) is 10.6. The van der Waals surface area contributed by atoms with Crippen molar-refractivity contribution in [3.8, 4) is 0 Å². The highest BCUT2D eigenvalue weighted by molar-refractivity contribution is 6.31. The maximum atomic E-state index is 13.5. The van der Waals surface area contributed by atoms with E-state index < -0.39 is 0 Å².